The molecule has 1 aromatic rings. The van der Waals surface area contributed by atoms with Gasteiger partial charge in [0.1, 0.15) is 0 Å². The molecule has 0 atom stereocenters. The fourth-order valence-corrected chi connectivity index (χ4v) is 4.65. The number of halogens is 1. The molecule has 2 N–H and O–H groups in total. The summed E-state index contributed by atoms with van der Waals surface area (Å²) < 4.78 is 26.4. The maximum atomic E-state index is 12.4. The van der Waals surface area contributed by atoms with Crippen LogP contribution in [-0.2, 0) is 10.0 Å². The van der Waals surface area contributed by atoms with E-state index in [-0.39, 0.29) is 14.9 Å². The molecule has 1 fully saturated rings. The number of carbonyl (C=O) groups is 1. The van der Waals surface area contributed by atoms with Crippen LogP contribution >= 0.6 is 15.9 Å². The van der Waals surface area contributed by atoms with Gasteiger partial charge in [-0.2, -0.15) is 4.31 Å². The molecule has 0 saturated carbocycles. The SMILES string of the molecule is NC(=O)c1cccc(S(=O)(=O)N2CCCC2)c1Br. The Balaban J connectivity index is 2.51. The van der Waals surface area contributed by atoms with Crippen LogP contribution in [0.15, 0.2) is 27.6 Å². The maximum absolute atomic E-state index is 12.4. The normalized spacial score (nSPS) is 16.9. The van der Waals surface area contributed by atoms with Gasteiger partial charge >= 0.3 is 0 Å². The summed E-state index contributed by atoms with van der Waals surface area (Å²) in [6.45, 7) is 1.05. The van der Waals surface area contributed by atoms with Crippen LogP contribution in [0.4, 0.5) is 0 Å². The van der Waals surface area contributed by atoms with E-state index >= 15 is 0 Å². The van der Waals surface area contributed by atoms with E-state index in [0.29, 0.717) is 13.1 Å². The topological polar surface area (TPSA) is 80.5 Å². The van der Waals surface area contributed by atoms with Gasteiger partial charge in [-0.05, 0) is 40.9 Å². The lowest BCUT2D eigenvalue weighted by atomic mass is 10.2. The van der Waals surface area contributed by atoms with Crippen LogP contribution in [0.5, 0.6) is 0 Å². The standard InChI is InChI=1S/C11H13BrN2O3S/c12-10-8(11(13)15)4-3-5-9(10)18(16,17)14-6-1-2-7-14/h3-5H,1-2,6-7H2,(H2,13,15). The molecule has 7 heteroatoms. The van der Waals surface area contributed by atoms with Crippen molar-refractivity contribution in [3.63, 3.8) is 0 Å². The molecule has 0 radical (unpaired) electrons. The van der Waals surface area contributed by atoms with E-state index in [4.69, 9.17) is 5.73 Å². The van der Waals surface area contributed by atoms with Gasteiger partial charge in [0.25, 0.3) is 0 Å². The number of hydrogen-bond acceptors (Lipinski definition) is 3. The number of rotatable bonds is 3. The summed E-state index contributed by atoms with van der Waals surface area (Å²) in [5.41, 5.74) is 5.38. The van der Waals surface area contributed by atoms with E-state index in [1.54, 1.807) is 0 Å². The maximum Gasteiger partial charge on any atom is 0.249 e. The van der Waals surface area contributed by atoms with Crippen molar-refractivity contribution in [3.05, 3.63) is 28.2 Å². The minimum Gasteiger partial charge on any atom is -0.366 e. The molecule has 0 unspecified atom stereocenters. The molecule has 1 saturated heterocycles. The van der Waals surface area contributed by atoms with Crippen LogP contribution < -0.4 is 5.73 Å². The zero-order chi connectivity index (χ0) is 13.3. The number of carbonyl (C=O) groups excluding carboxylic acids is 1. The molecule has 2 rings (SSSR count). The highest BCUT2D eigenvalue weighted by Gasteiger charge is 2.29. The van der Waals surface area contributed by atoms with Crippen LogP contribution in [0.25, 0.3) is 0 Å². The largest absolute Gasteiger partial charge is 0.366 e. The van der Waals surface area contributed by atoms with Gasteiger partial charge in [-0.25, -0.2) is 8.42 Å². The lowest BCUT2D eigenvalue weighted by molar-refractivity contribution is 0.0999. The van der Waals surface area contributed by atoms with Crippen molar-refractivity contribution in [2.45, 2.75) is 17.7 Å². The third-order valence-corrected chi connectivity index (χ3v) is 5.97. The summed E-state index contributed by atoms with van der Waals surface area (Å²) in [6.07, 6.45) is 1.73. The van der Waals surface area contributed by atoms with Crippen LogP contribution in [0.3, 0.4) is 0 Å². The van der Waals surface area contributed by atoms with Gasteiger partial charge in [-0.3, -0.25) is 4.79 Å². The van der Waals surface area contributed by atoms with Gasteiger partial charge < -0.3 is 5.73 Å². The number of nitrogens with two attached hydrogens (primary N) is 1. The Morgan fingerprint density at radius 2 is 1.89 bits per heavy atom. The number of amides is 1. The molecule has 0 spiro atoms. The molecule has 1 aromatic carbocycles. The lowest BCUT2D eigenvalue weighted by Crippen LogP contribution is -2.28. The summed E-state index contributed by atoms with van der Waals surface area (Å²) in [6, 6.07) is 4.49. The zero-order valence-electron chi connectivity index (χ0n) is 9.60. The third-order valence-electron chi connectivity index (χ3n) is 2.91. The Kier molecular flexibility index (Phi) is 3.74. The van der Waals surface area contributed by atoms with E-state index < -0.39 is 15.9 Å². The first-order valence-electron chi connectivity index (χ1n) is 5.53. The fourth-order valence-electron chi connectivity index (χ4n) is 1.97. The lowest BCUT2D eigenvalue weighted by Gasteiger charge is -2.17. The number of nitrogens with zero attached hydrogens (tertiary/aromatic N) is 1. The van der Waals surface area contributed by atoms with Gasteiger partial charge in [0.05, 0.1) is 14.9 Å². The van der Waals surface area contributed by atoms with Crippen molar-refractivity contribution in [3.8, 4) is 0 Å². The molecule has 1 heterocycles. The van der Waals surface area contributed by atoms with E-state index in [2.05, 4.69) is 15.9 Å². The van der Waals surface area contributed by atoms with E-state index in [1.807, 2.05) is 0 Å². The van der Waals surface area contributed by atoms with Gasteiger partial charge in [0.2, 0.25) is 15.9 Å². The molecule has 1 aliphatic rings. The van der Waals surface area contributed by atoms with Crippen molar-refractivity contribution in [2.75, 3.05) is 13.1 Å². The number of hydrogen-bond donors (Lipinski definition) is 1. The van der Waals surface area contributed by atoms with Gasteiger partial charge in [0.15, 0.2) is 0 Å². The monoisotopic (exact) mass is 332 g/mol. The Bertz CT molecular complexity index is 580. The second-order valence-electron chi connectivity index (χ2n) is 4.09. The van der Waals surface area contributed by atoms with Crippen molar-refractivity contribution < 1.29 is 13.2 Å². The van der Waals surface area contributed by atoms with Crippen LogP contribution in [0.1, 0.15) is 23.2 Å². The highest BCUT2D eigenvalue weighted by atomic mass is 79.9. The number of primary amides is 1. The first-order valence-corrected chi connectivity index (χ1v) is 7.76. The minimum absolute atomic E-state index is 0.0979. The van der Waals surface area contributed by atoms with E-state index in [9.17, 15) is 13.2 Å². The molecule has 98 valence electrons. The highest BCUT2D eigenvalue weighted by Crippen LogP contribution is 2.29. The summed E-state index contributed by atoms with van der Waals surface area (Å²) in [5.74, 6) is -0.652. The first-order chi connectivity index (χ1) is 8.44. The van der Waals surface area contributed by atoms with Crippen LogP contribution in [0.2, 0.25) is 0 Å². The molecule has 0 aromatic heterocycles. The number of sulfonamides is 1. The average Bonchev–Trinajstić information content (AvgIpc) is 2.82. The molecule has 0 aliphatic carbocycles. The molecule has 1 aliphatic heterocycles. The quantitative estimate of drug-likeness (QED) is 0.906. The minimum atomic E-state index is -3.55. The van der Waals surface area contributed by atoms with Gasteiger partial charge in [-0.1, -0.05) is 6.07 Å². The Morgan fingerprint density at radius 1 is 1.28 bits per heavy atom. The zero-order valence-corrected chi connectivity index (χ0v) is 12.0. The number of benzene rings is 1. The second-order valence-corrected chi connectivity index (χ2v) is 6.79. The predicted octanol–water partition coefficient (Wildman–Crippen LogP) is 1.33. The molecule has 1 amide bonds. The average molecular weight is 333 g/mol. The molecule has 5 nitrogen and oxygen atoms in total. The molecular weight excluding hydrogens is 320 g/mol. The molecule has 18 heavy (non-hydrogen) atoms. The van der Waals surface area contributed by atoms with E-state index in [1.165, 1.54) is 22.5 Å². The molecule has 0 bridgehead atoms. The smallest absolute Gasteiger partial charge is 0.249 e. The predicted molar refractivity (Wildman–Crippen MR) is 70.7 cm³/mol. The van der Waals surface area contributed by atoms with E-state index in [0.717, 1.165) is 12.8 Å². The summed E-state index contributed by atoms with van der Waals surface area (Å²) in [4.78, 5) is 11.3. The van der Waals surface area contributed by atoms with Crippen molar-refractivity contribution in [2.24, 2.45) is 5.73 Å². The van der Waals surface area contributed by atoms with Crippen molar-refractivity contribution >= 4 is 31.9 Å². The highest BCUT2D eigenvalue weighted by molar-refractivity contribution is 9.10. The summed E-state index contributed by atoms with van der Waals surface area (Å²) >= 11 is 3.16. The van der Waals surface area contributed by atoms with Gasteiger partial charge in [-0.15, -0.1) is 0 Å². The van der Waals surface area contributed by atoms with Crippen LogP contribution in [0, 0.1) is 0 Å². The van der Waals surface area contributed by atoms with Crippen molar-refractivity contribution in [1.29, 1.82) is 0 Å². The Labute approximate surface area is 114 Å². The summed E-state index contributed by atoms with van der Waals surface area (Å²) in [5, 5.41) is 0. The van der Waals surface area contributed by atoms with Gasteiger partial charge in [0, 0.05) is 13.1 Å². The van der Waals surface area contributed by atoms with Crippen LogP contribution in [-0.4, -0.2) is 31.7 Å². The Morgan fingerprint density at radius 3 is 2.44 bits per heavy atom. The fraction of sp³-hybridized carbons (Fsp3) is 0.364. The first kappa shape index (κ1) is 13.5. The molecular formula is C11H13BrN2O3S. The van der Waals surface area contributed by atoms with Crippen molar-refractivity contribution in [1.82, 2.24) is 4.31 Å². The second kappa shape index (κ2) is 4.99. The Hall–Kier alpha value is -0.920. The summed E-state index contributed by atoms with van der Waals surface area (Å²) in [7, 11) is -3.55. The third kappa shape index (κ3) is 2.30.